The molecule has 14 heavy (non-hydrogen) atoms. The zero-order valence-electron chi connectivity index (χ0n) is 9.20. The van der Waals surface area contributed by atoms with Crippen LogP contribution in [-0.2, 0) is 7.05 Å². The summed E-state index contributed by atoms with van der Waals surface area (Å²) in [7, 11) is 1.98. The van der Waals surface area contributed by atoms with E-state index in [2.05, 4.69) is 38.0 Å². The molecule has 0 atom stereocenters. The van der Waals surface area contributed by atoms with Crippen LogP contribution in [0.3, 0.4) is 0 Å². The van der Waals surface area contributed by atoms with Crippen LogP contribution in [0, 0.1) is 6.92 Å². The SMILES string of the molecule is Cc1cc2c(cnn2C)cc1C(C)C. The Morgan fingerprint density at radius 1 is 1.29 bits per heavy atom. The van der Waals surface area contributed by atoms with Gasteiger partial charge in [-0.25, -0.2) is 0 Å². The quantitative estimate of drug-likeness (QED) is 0.672. The molecule has 2 aromatic rings. The molecule has 0 N–H and O–H groups in total. The molecular weight excluding hydrogens is 172 g/mol. The Morgan fingerprint density at radius 2 is 2.00 bits per heavy atom. The Hall–Kier alpha value is -1.31. The van der Waals surface area contributed by atoms with Crippen LogP contribution in [0.15, 0.2) is 18.3 Å². The van der Waals surface area contributed by atoms with E-state index in [0.29, 0.717) is 5.92 Å². The van der Waals surface area contributed by atoms with E-state index in [1.807, 2.05) is 17.9 Å². The molecule has 1 aromatic heterocycles. The lowest BCUT2D eigenvalue weighted by Crippen LogP contribution is -1.94. The molecule has 0 fully saturated rings. The number of aryl methyl sites for hydroxylation is 2. The van der Waals surface area contributed by atoms with Crippen molar-refractivity contribution in [2.45, 2.75) is 26.7 Å². The maximum atomic E-state index is 4.25. The summed E-state index contributed by atoms with van der Waals surface area (Å²) in [6.07, 6.45) is 1.93. The van der Waals surface area contributed by atoms with Crippen molar-refractivity contribution in [2.24, 2.45) is 7.05 Å². The van der Waals surface area contributed by atoms with Gasteiger partial charge in [0.2, 0.25) is 0 Å². The molecule has 0 saturated heterocycles. The second kappa shape index (κ2) is 3.12. The molecule has 2 rings (SSSR count). The van der Waals surface area contributed by atoms with Gasteiger partial charge in [-0.2, -0.15) is 5.10 Å². The number of nitrogens with zero attached hydrogens (tertiary/aromatic N) is 2. The minimum absolute atomic E-state index is 0.583. The van der Waals surface area contributed by atoms with E-state index in [4.69, 9.17) is 0 Å². The standard InChI is InChI=1S/C12H16N2/c1-8(2)11-6-10-7-13-14(4)12(10)5-9(11)3/h5-8H,1-4H3. The highest BCUT2D eigenvalue weighted by Crippen LogP contribution is 2.24. The van der Waals surface area contributed by atoms with E-state index in [0.717, 1.165) is 0 Å². The Labute approximate surface area is 84.5 Å². The summed E-state index contributed by atoms with van der Waals surface area (Å²) < 4.78 is 1.92. The molecule has 0 amide bonds. The average molecular weight is 188 g/mol. The lowest BCUT2D eigenvalue weighted by atomic mass is 9.96. The summed E-state index contributed by atoms with van der Waals surface area (Å²) >= 11 is 0. The van der Waals surface area contributed by atoms with Crippen molar-refractivity contribution in [1.82, 2.24) is 9.78 Å². The lowest BCUT2D eigenvalue weighted by molar-refractivity contribution is 0.796. The van der Waals surface area contributed by atoms with Crippen molar-refractivity contribution in [1.29, 1.82) is 0 Å². The predicted molar refractivity (Wildman–Crippen MR) is 59.5 cm³/mol. The van der Waals surface area contributed by atoms with Gasteiger partial charge in [0, 0.05) is 12.4 Å². The zero-order chi connectivity index (χ0) is 10.3. The van der Waals surface area contributed by atoms with Gasteiger partial charge < -0.3 is 0 Å². The van der Waals surface area contributed by atoms with Gasteiger partial charge in [0.05, 0.1) is 11.7 Å². The van der Waals surface area contributed by atoms with Crippen molar-refractivity contribution in [2.75, 3.05) is 0 Å². The van der Waals surface area contributed by atoms with E-state index >= 15 is 0 Å². The molecule has 0 aliphatic carbocycles. The fourth-order valence-corrected chi connectivity index (χ4v) is 1.94. The normalized spacial score (nSPS) is 11.5. The van der Waals surface area contributed by atoms with Crippen LogP contribution >= 0.6 is 0 Å². The van der Waals surface area contributed by atoms with Gasteiger partial charge in [0.15, 0.2) is 0 Å². The smallest absolute Gasteiger partial charge is 0.0681 e. The minimum Gasteiger partial charge on any atom is -0.268 e. The highest BCUT2D eigenvalue weighted by molar-refractivity contribution is 5.80. The van der Waals surface area contributed by atoms with Crippen LogP contribution in [-0.4, -0.2) is 9.78 Å². The number of hydrogen-bond acceptors (Lipinski definition) is 1. The molecule has 0 aliphatic rings. The summed E-state index contributed by atoms with van der Waals surface area (Å²) in [6, 6.07) is 4.47. The largest absolute Gasteiger partial charge is 0.268 e. The number of aromatic nitrogens is 2. The number of hydrogen-bond donors (Lipinski definition) is 0. The second-order valence-electron chi connectivity index (χ2n) is 4.19. The van der Waals surface area contributed by atoms with Crippen LogP contribution in [0.5, 0.6) is 0 Å². The lowest BCUT2D eigenvalue weighted by Gasteiger charge is -2.09. The maximum Gasteiger partial charge on any atom is 0.0681 e. The van der Waals surface area contributed by atoms with Crippen molar-refractivity contribution < 1.29 is 0 Å². The topological polar surface area (TPSA) is 17.8 Å². The molecular formula is C12H16N2. The first-order valence-electron chi connectivity index (χ1n) is 5.02. The Kier molecular flexibility index (Phi) is 2.06. The Morgan fingerprint density at radius 3 is 2.64 bits per heavy atom. The van der Waals surface area contributed by atoms with Crippen molar-refractivity contribution >= 4 is 10.9 Å². The fraction of sp³-hybridized carbons (Fsp3) is 0.417. The third-order valence-electron chi connectivity index (χ3n) is 2.76. The Balaban J connectivity index is 2.72. The van der Waals surface area contributed by atoms with Crippen LogP contribution in [0.1, 0.15) is 30.9 Å². The van der Waals surface area contributed by atoms with Gasteiger partial charge in [-0.15, -0.1) is 0 Å². The molecule has 0 radical (unpaired) electrons. The van der Waals surface area contributed by atoms with E-state index in [-0.39, 0.29) is 0 Å². The van der Waals surface area contributed by atoms with Gasteiger partial charge >= 0.3 is 0 Å². The van der Waals surface area contributed by atoms with Gasteiger partial charge in [-0.05, 0) is 36.1 Å². The molecule has 2 nitrogen and oxygen atoms in total. The number of benzene rings is 1. The first-order valence-corrected chi connectivity index (χ1v) is 5.02. The molecule has 1 aromatic carbocycles. The first-order chi connectivity index (χ1) is 6.59. The summed E-state index contributed by atoms with van der Waals surface area (Å²) in [5, 5.41) is 5.49. The molecule has 0 bridgehead atoms. The number of rotatable bonds is 1. The summed E-state index contributed by atoms with van der Waals surface area (Å²) in [5.41, 5.74) is 3.99. The molecule has 74 valence electrons. The molecule has 1 heterocycles. The molecule has 0 aliphatic heterocycles. The summed E-state index contributed by atoms with van der Waals surface area (Å²) in [6.45, 7) is 6.62. The molecule has 0 saturated carbocycles. The molecule has 0 unspecified atom stereocenters. The van der Waals surface area contributed by atoms with Crippen molar-refractivity contribution in [3.63, 3.8) is 0 Å². The highest BCUT2D eigenvalue weighted by atomic mass is 15.2. The average Bonchev–Trinajstić information content (AvgIpc) is 2.46. The highest BCUT2D eigenvalue weighted by Gasteiger charge is 2.07. The Bertz CT molecular complexity index is 466. The van der Waals surface area contributed by atoms with Gasteiger partial charge in [0.25, 0.3) is 0 Å². The van der Waals surface area contributed by atoms with E-state index in [1.54, 1.807) is 0 Å². The number of fused-ring (bicyclic) bond motifs is 1. The zero-order valence-corrected chi connectivity index (χ0v) is 9.20. The van der Waals surface area contributed by atoms with E-state index < -0.39 is 0 Å². The molecule has 0 spiro atoms. The maximum absolute atomic E-state index is 4.25. The van der Waals surface area contributed by atoms with E-state index in [1.165, 1.54) is 22.0 Å². The van der Waals surface area contributed by atoms with Crippen LogP contribution in [0.4, 0.5) is 0 Å². The van der Waals surface area contributed by atoms with Gasteiger partial charge in [0.1, 0.15) is 0 Å². The van der Waals surface area contributed by atoms with Gasteiger partial charge in [-0.3, -0.25) is 4.68 Å². The van der Waals surface area contributed by atoms with Gasteiger partial charge in [-0.1, -0.05) is 13.8 Å². The molecule has 2 heteroatoms. The second-order valence-corrected chi connectivity index (χ2v) is 4.19. The monoisotopic (exact) mass is 188 g/mol. The minimum atomic E-state index is 0.583. The van der Waals surface area contributed by atoms with Crippen molar-refractivity contribution in [3.05, 3.63) is 29.5 Å². The fourth-order valence-electron chi connectivity index (χ4n) is 1.94. The third kappa shape index (κ3) is 1.31. The predicted octanol–water partition coefficient (Wildman–Crippen LogP) is 3.01. The third-order valence-corrected chi connectivity index (χ3v) is 2.76. The summed E-state index contributed by atoms with van der Waals surface area (Å²) in [5.74, 6) is 0.583. The van der Waals surface area contributed by atoms with E-state index in [9.17, 15) is 0 Å². The summed E-state index contributed by atoms with van der Waals surface area (Å²) in [4.78, 5) is 0. The van der Waals surface area contributed by atoms with Crippen molar-refractivity contribution in [3.8, 4) is 0 Å². The first kappa shape index (κ1) is 9.25. The van der Waals surface area contributed by atoms with Crippen LogP contribution in [0.2, 0.25) is 0 Å². The van der Waals surface area contributed by atoms with Crippen LogP contribution in [0.25, 0.3) is 10.9 Å². The van der Waals surface area contributed by atoms with Crippen LogP contribution < -0.4 is 0 Å².